The molecule has 0 bridgehead atoms. The number of hydrogen-bond donors (Lipinski definition) is 2. The molecule has 4 nitrogen and oxygen atoms in total. The van der Waals surface area contributed by atoms with Gasteiger partial charge in [-0.15, -0.1) is 0 Å². The highest BCUT2D eigenvalue weighted by Gasteiger charge is 2.25. The van der Waals surface area contributed by atoms with Crippen LogP contribution in [0.15, 0.2) is 48.5 Å². The lowest BCUT2D eigenvalue weighted by molar-refractivity contribution is -0.616. The minimum atomic E-state index is 0. The number of halogens is 1. The van der Waals surface area contributed by atoms with Crippen LogP contribution in [0, 0.1) is 5.92 Å². The Labute approximate surface area is 184 Å². The highest BCUT2D eigenvalue weighted by Crippen LogP contribution is 2.34. The zero-order valence-corrected chi connectivity index (χ0v) is 18.8. The number of para-hydroxylation sites is 2. The van der Waals surface area contributed by atoms with Gasteiger partial charge in [0.15, 0.2) is 0 Å². The van der Waals surface area contributed by atoms with Gasteiger partial charge in [0.05, 0.1) is 22.0 Å². The third kappa shape index (κ3) is 3.63. The van der Waals surface area contributed by atoms with Gasteiger partial charge in [-0.25, -0.2) is 0 Å². The van der Waals surface area contributed by atoms with Gasteiger partial charge < -0.3 is 27.6 Å². The maximum absolute atomic E-state index is 3.96. The van der Waals surface area contributed by atoms with E-state index in [-0.39, 0.29) is 12.4 Å². The van der Waals surface area contributed by atoms with Crippen LogP contribution < -0.4 is 22.3 Å². The summed E-state index contributed by atoms with van der Waals surface area (Å²) < 4.78 is 2.33. The summed E-state index contributed by atoms with van der Waals surface area (Å²) in [5, 5.41) is 6.53. The van der Waals surface area contributed by atoms with Gasteiger partial charge in [0.1, 0.15) is 12.6 Å². The van der Waals surface area contributed by atoms with E-state index in [1.165, 1.54) is 71.0 Å². The van der Waals surface area contributed by atoms with Crippen molar-refractivity contribution < 1.29 is 17.0 Å². The first-order chi connectivity index (χ1) is 14.1. The molecule has 4 aromatic rings. The van der Waals surface area contributed by atoms with Crippen molar-refractivity contribution in [3.05, 3.63) is 48.5 Å². The number of piperidine rings is 1. The van der Waals surface area contributed by atoms with Gasteiger partial charge in [-0.2, -0.15) is 4.57 Å². The van der Waals surface area contributed by atoms with Crippen LogP contribution >= 0.6 is 0 Å². The van der Waals surface area contributed by atoms with Crippen molar-refractivity contribution in [2.75, 3.05) is 25.0 Å². The number of pyridine rings is 1. The number of fused-ring (bicyclic) bond motifs is 4. The van der Waals surface area contributed by atoms with E-state index in [0.717, 1.165) is 5.92 Å². The fourth-order valence-electron chi connectivity index (χ4n) is 5.02. The molecule has 5 heteroatoms. The Bertz CT molecular complexity index is 1170. The van der Waals surface area contributed by atoms with Gasteiger partial charge in [0.2, 0.25) is 11.0 Å². The van der Waals surface area contributed by atoms with Crippen molar-refractivity contribution in [3.63, 3.8) is 0 Å². The number of hydrogen-bond acceptors (Lipinski definition) is 2. The van der Waals surface area contributed by atoms with Crippen LogP contribution in [0.2, 0.25) is 0 Å². The summed E-state index contributed by atoms with van der Waals surface area (Å²) in [5.41, 5.74) is 6.22. The molecule has 2 N–H and O–H groups in total. The largest absolute Gasteiger partial charge is 1.00 e. The highest BCUT2D eigenvalue weighted by molar-refractivity contribution is 6.13. The molecule has 1 fully saturated rings. The molecule has 0 unspecified atom stereocenters. The van der Waals surface area contributed by atoms with E-state index >= 15 is 0 Å². The number of nitrogens with zero attached hydrogens (tertiary/aromatic N) is 2. The molecular formula is C25H31ClN4. The molecule has 0 atom stereocenters. The summed E-state index contributed by atoms with van der Waals surface area (Å²) in [7, 11) is 2.18. The maximum atomic E-state index is 3.96. The van der Waals surface area contributed by atoms with E-state index < -0.39 is 0 Å². The SMILES string of the molecule is CC(C)CN1CCC(Nc2c3ccccc3[n+](C)c3c2[nH]c2ccccc23)CC1.[Cl-]. The minimum Gasteiger partial charge on any atom is -1.00 e. The molecule has 3 heterocycles. The van der Waals surface area contributed by atoms with Gasteiger partial charge in [-0.3, -0.25) is 0 Å². The van der Waals surface area contributed by atoms with Gasteiger partial charge in [0, 0.05) is 31.7 Å². The molecule has 0 amide bonds. The fraction of sp³-hybridized carbons (Fsp3) is 0.400. The minimum absolute atomic E-state index is 0. The van der Waals surface area contributed by atoms with Gasteiger partial charge in [-0.05, 0) is 37.0 Å². The number of anilines is 1. The van der Waals surface area contributed by atoms with E-state index in [4.69, 9.17) is 0 Å². The molecule has 5 rings (SSSR count). The van der Waals surface area contributed by atoms with Crippen molar-refractivity contribution in [1.29, 1.82) is 0 Å². The first-order valence-electron chi connectivity index (χ1n) is 10.9. The second kappa shape index (κ2) is 8.44. The van der Waals surface area contributed by atoms with Crippen LogP contribution in [0.3, 0.4) is 0 Å². The van der Waals surface area contributed by atoms with E-state index in [9.17, 15) is 0 Å². The number of aromatic amines is 1. The lowest BCUT2D eigenvalue weighted by Gasteiger charge is -2.33. The standard InChI is InChI=1S/C25H30N4.ClH/c1-17(2)16-29-14-12-18(13-15-29)26-23-20-9-5-7-11-22(20)28(3)25-19-8-4-6-10-21(19)27-24(23)25;/h4-11,17-18H,12-16H2,1-3H3,(H,26,27);1H. The molecule has 2 aromatic carbocycles. The predicted molar refractivity (Wildman–Crippen MR) is 122 cm³/mol. The van der Waals surface area contributed by atoms with Gasteiger partial charge >= 0.3 is 0 Å². The molecular weight excluding hydrogens is 392 g/mol. The zero-order valence-electron chi connectivity index (χ0n) is 18.1. The molecule has 1 saturated heterocycles. The van der Waals surface area contributed by atoms with E-state index in [0.29, 0.717) is 6.04 Å². The van der Waals surface area contributed by atoms with Crippen molar-refractivity contribution in [3.8, 4) is 0 Å². The number of H-pyrrole nitrogens is 1. The number of likely N-dealkylation sites (tertiary alicyclic amines) is 1. The summed E-state index contributed by atoms with van der Waals surface area (Å²) >= 11 is 0. The lowest BCUT2D eigenvalue weighted by atomic mass is 10.0. The predicted octanol–water partition coefficient (Wildman–Crippen LogP) is 1.84. The number of aryl methyl sites for hydroxylation is 1. The van der Waals surface area contributed by atoms with Crippen LogP contribution in [0.5, 0.6) is 0 Å². The summed E-state index contributed by atoms with van der Waals surface area (Å²) in [6, 6.07) is 17.9. The first-order valence-corrected chi connectivity index (χ1v) is 10.9. The number of nitrogens with one attached hydrogen (secondary N) is 2. The summed E-state index contributed by atoms with van der Waals surface area (Å²) in [6.07, 6.45) is 2.40. The highest BCUT2D eigenvalue weighted by atomic mass is 35.5. The smallest absolute Gasteiger partial charge is 0.240 e. The molecule has 1 aliphatic rings. The molecule has 0 spiro atoms. The monoisotopic (exact) mass is 422 g/mol. The second-order valence-corrected chi connectivity index (χ2v) is 8.96. The molecule has 2 aromatic heterocycles. The molecule has 158 valence electrons. The fourth-order valence-corrected chi connectivity index (χ4v) is 5.02. The topological polar surface area (TPSA) is 34.9 Å². The molecule has 0 aliphatic carbocycles. The Kier molecular flexibility index (Phi) is 5.90. The van der Waals surface area contributed by atoms with Crippen LogP contribution in [0.1, 0.15) is 26.7 Å². The Morgan fingerprint density at radius 3 is 2.43 bits per heavy atom. The Hall–Kier alpha value is -2.30. The van der Waals surface area contributed by atoms with Crippen LogP contribution in [0.25, 0.3) is 32.8 Å². The van der Waals surface area contributed by atoms with Crippen LogP contribution in [-0.2, 0) is 7.05 Å². The Balaban J connectivity index is 0.00000218. The zero-order chi connectivity index (χ0) is 20.0. The van der Waals surface area contributed by atoms with Crippen molar-refractivity contribution in [2.24, 2.45) is 13.0 Å². The summed E-state index contributed by atoms with van der Waals surface area (Å²) in [5.74, 6) is 0.739. The van der Waals surface area contributed by atoms with Crippen LogP contribution in [0.4, 0.5) is 5.69 Å². The molecule has 1 aliphatic heterocycles. The summed E-state index contributed by atoms with van der Waals surface area (Å²) in [4.78, 5) is 6.33. The normalized spacial score (nSPS) is 15.9. The number of aromatic nitrogens is 2. The number of rotatable bonds is 4. The third-order valence-electron chi connectivity index (χ3n) is 6.36. The third-order valence-corrected chi connectivity index (χ3v) is 6.36. The molecule has 0 radical (unpaired) electrons. The lowest BCUT2D eigenvalue weighted by Crippen LogP contribution is -3.00. The second-order valence-electron chi connectivity index (χ2n) is 8.96. The first kappa shape index (κ1) is 21.0. The summed E-state index contributed by atoms with van der Waals surface area (Å²) in [6.45, 7) is 8.21. The maximum Gasteiger partial charge on any atom is 0.240 e. The van der Waals surface area contributed by atoms with Crippen LogP contribution in [-0.4, -0.2) is 35.6 Å². The van der Waals surface area contributed by atoms with E-state index in [1.54, 1.807) is 0 Å². The van der Waals surface area contributed by atoms with Crippen molar-refractivity contribution in [2.45, 2.75) is 32.7 Å². The Morgan fingerprint density at radius 2 is 1.70 bits per heavy atom. The average molecular weight is 423 g/mol. The Morgan fingerprint density at radius 1 is 1.03 bits per heavy atom. The number of benzene rings is 2. The molecule has 0 saturated carbocycles. The van der Waals surface area contributed by atoms with Crippen molar-refractivity contribution in [1.82, 2.24) is 9.88 Å². The van der Waals surface area contributed by atoms with Gasteiger partial charge in [-0.1, -0.05) is 38.1 Å². The van der Waals surface area contributed by atoms with Crippen molar-refractivity contribution >= 4 is 38.5 Å². The average Bonchev–Trinajstić information content (AvgIpc) is 3.12. The van der Waals surface area contributed by atoms with Gasteiger partial charge in [0.25, 0.3) is 0 Å². The molecule has 30 heavy (non-hydrogen) atoms. The quantitative estimate of drug-likeness (QED) is 0.492. The van der Waals surface area contributed by atoms with E-state index in [1.807, 2.05) is 0 Å². The van der Waals surface area contributed by atoms with E-state index in [2.05, 4.69) is 89.2 Å².